The number of halogens is 2. The molecule has 1 amide bonds. The number of benzene rings is 3. The van der Waals surface area contributed by atoms with E-state index < -0.39 is 10.0 Å². The van der Waals surface area contributed by atoms with Gasteiger partial charge in [-0.15, -0.1) is 0 Å². The van der Waals surface area contributed by atoms with Crippen molar-refractivity contribution in [3.8, 4) is 0 Å². The Morgan fingerprint density at radius 1 is 1.03 bits per heavy atom. The molecule has 0 spiro atoms. The molecule has 0 aromatic heterocycles. The van der Waals surface area contributed by atoms with Crippen molar-refractivity contribution in [1.29, 1.82) is 0 Å². The van der Waals surface area contributed by atoms with Gasteiger partial charge in [0, 0.05) is 23.1 Å². The van der Waals surface area contributed by atoms with Crippen molar-refractivity contribution in [2.45, 2.75) is 49.3 Å². The predicted octanol–water partition coefficient (Wildman–Crippen LogP) is 6.18. The van der Waals surface area contributed by atoms with Crippen LogP contribution in [0.25, 0.3) is 0 Å². The van der Waals surface area contributed by atoms with E-state index in [9.17, 15) is 13.2 Å². The second-order valence-electron chi connectivity index (χ2n) is 10.1. The minimum Gasteiger partial charge on any atom is -0.373 e. The van der Waals surface area contributed by atoms with Gasteiger partial charge >= 0.3 is 0 Å². The zero-order valence-electron chi connectivity index (χ0n) is 21.2. The second kappa shape index (κ2) is 11.1. The fraction of sp³-hybridized carbons (Fsp3) is 0.345. The average molecular weight is 618 g/mol. The molecule has 1 aliphatic carbocycles. The van der Waals surface area contributed by atoms with E-state index in [4.69, 9.17) is 16.3 Å². The molecule has 5 rings (SSSR count). The molecule has 2 fully saturated rings. The Kier molecular flexibility index (Phi) is 7.99. The van der Waals surface area contributed by atoms with Gasteiger partial charge in [0.25, 0.3) is 5.91 Å². The molecular weight excluding hydrogens is 588 g/mol. The first-order valence-electron chi connectivity index (χ1n) is 12.7. The SMILES string of the molecule is CC1CN(S(=O)(=O)c2cc(C(=O)NC(c3ccccc3)C3CC3c3cccc(Br)c3)ccc2Cl)CC(C)O1. The topological polar surface area (TPSA) is 75.7 Å². The number of carbonyl (C=O) groups is 1. The molecule has 3 aromatic carbocycles. The summed E-state index contributed by atoms with van der Waals surface area (Å²) >= 11 is 9.92. The number of nitrogens with one attached hydrogen (secondary N) is 1. The van der Waals surface area contributed by atoms with Crippen LogP contribution < -0.4 is 5.32 Å². The van der Waals surface area contributed by atoms with Crippen LogP contribution in [0.5, 0.6) is 0 Å². The van der Waals surface area contributed by atoms with Gasteiger partial charge in [-0.2, -0.15) is 4.31 Å². The average Bonchev–Trinajstić information content (AvgIpc) is 3.68. The third-order valence-electron chi connectivity index (χ3n) is 7.19. The van der Waals surface area contributed by atoms with Crippen LogP contribution in [0.15, 0.2) is 82.2 Å². The summed E-state index contributed by atoms with van der Waals surface area (Å²) in [6.45, 7) is 4.14. The molecule has 200 valence electrons. The van der Waals surface area contributed by atoms with E-state index in [1.807, 2.05) is 56.3 Å². The summed E-state index contributed by atoms with van der Waals surface area (Å²) < 4.78 is 35.1. The van der Waals surface area contributed by atoms with Crippen molar-refractivity contribution in [1.82, 2.24) is 9.62 Å². The van der Waals surface area contributed by atoms with E-state index in [1.165, 1.54) is 22.0 Å². The van der Waals surface area contributed by atoms with Gasteiger partial charge in [-0.05, 0) is 73.6 Å². The monoisotopic (exact) mass is 616 g/mol. The van der Waals surface area contributed by atoms with Gasteiger partial charge in [0.05, 0.1) is 23.3 Å². The van der Waals surface area contributed by atoms with Crippen LogP contribution in [0.3, 0.4) is 0 Å². The van der Waals surface area contributed by atoms with Crippen molar-refractivity contribution in [2.24, 2.45) is 5.92 Å². The maximum absolute atomic E-state index is 13.5. The molecule has 1 saturated heterocycles. The molecule has 0 bridgehead atoms. The minimum atomic E-state index is -3.91. The second-order valence-corrected chi connectivity index (χ2v) is 13.4. The van der Waals surface area contributed by atoms with E-state index >= 15 is 0 Å². The maximum Gasteiger partial charge on any atom is 0.251 e. The highest BCUT2D eigenvalue weighted by molar-refractivity contribution is 9.10. The Balaban J connectivity index is 1.41. The van der Waals surface area contributed by atoms with E-state index in [1.54, 1.807) is 6.07 Å². The highest BCUT2D eigenvalue weighted by atomic mass is 79.9. The van der Waals surface area contributed by atoms with Gasteiger partial charge in [-0.1, -0.05) is 70.0 Å². The normalized spacial score (nSPS) is 24.5. The molecule has 9 heteroatoms. The Morgan fingerprint density at radius 3 is 2.42 bits per heavy atom. The van der Waals surface area contributed by atoms with Gasteiger partial charge in [-0.25, -0.2) is 8.42 Å². The van der Waals surface area contributed by atoms with E-state index in [2.05, 4.69) is 33.4 Å². The van der Waals surface area contributed by atoms with Crippen molar-refractivity contribution in [3.05, 3.63) is 99.0 Å². The fourth-order valence-corrected chi connectivity index (χ4v) is 7.84. The molecule has 38 heavy (non-hydrogen) atoms. The summed E-state index contributed by atoms with van der Waals surface area (Å²) in [5.41, 5.74) is 2.50. The first-order chi connectivity index (χ1) is 18.1. The van der Waals surface area contributed by atoms with Crippen LogP contribution in [-0.2, 0) is 14.8 Å². The zero-order chi connectivity index (χ0) is 27.0. The number of rotatable bonds is 7. The number of hydrogen-bond donors (Lipinski definition) is 1. The van der Waals surface area contributed by atoms with Crippen molar-refractivity contribution < 1.29 is 17.9 Å². The first-order valence-corrected chi connectivity index (χ1v) is 15.3. The summed E-state index contributed by atoms with van der Waals surface area (Å²) in [5, 5.41) is 3.28. The standard InChI is InChI=1S/C29H30BrClN2O4S/c1-18-16-33(17-19(2)37-18)38(35,36)27-14-22(11-12-26(27)31)29(34)32-28(20-7-4-3-5-8-20)25-15-24(25)21-9-6-10-23(30)13-21/h3-14,18-19,24-25,28H,15-17H2,1-2H3,(H,32,34). The smallest absolute Gasteiger partial charge is 0.251 e. The van der Waals surface area contributed by atoms with Crippen LogP contribution in [-0.4, -0.2) is 43.9 Å². The molecule has 2 aliphatic rings. The summed E-state index contributed by atoms with van der Waals surface area (Å²) in [5.74, 6) is 0.211. The molecule has 3 aromatic rings. The Hall–Kier alpha value is -2.23. The fourth-order valence-electron chi connectivity index (χ4n) is 5.33. The van der Waals surface area contributed by atoms with Gasteiger partial charge in [0.2, 0.25) is 10.0 Å². The minimum absolute atomic E-state index is 0.0668. The van der Waals surface area contributed by atoms with Crippen LogP contribution in [0.2, 0.25) is 5.02 Å². The van der Waals surface area contributed by atoms with Crippen molar-refractivity contribution in [3.63, 3.8) is 0 Å². The van der Waals surface area contributed by atoms with Crippen molar-refractivity contribution >= 4 is 43.5 Å². The first kappa shape index (κ1) is 27.3. The Bertz CT molecular complexity index is 1430. The molecule has 6 nitrogen and oxygen atoms in total. The largest absolute Gasteiger partial charge is 0.373 e. The number of nitrogens with zero attached hydrogens (tertiary/aromatic N) is 1. The van der Waals surface area contributed by atoms with Crippen LogP contribution in [0.4, 0.5) is 0 Å². The lowest BCUT2D eigenvalue weighted by atomic mass is 9.98. The number of morpholine rings is 1. The van der Waals surface area contributed by atoms with Crippen LogP contribution >= 0.6 is 27.5 Å². The zero-order valence-corrected chi connectivity index (χ0v) is 24.3. The van der Waals surface area contributed by atoms with Crippen LogP contribution in [0.1, 0.15) is 53.7 Å². The van der Waals surface area contributed by atoms with Gasteiger partial charge in [0.1, 0.15) is 4.90 Å². The quantitative estimate of drug-likeness (QED) is 0.344. The number of hydrogen-bond acceptors (Lipinski definition) is 4. The van der Waals surface area contributed by atoms with Crippen molar-refractivity contribution in [2.75, 3.05) is 13.1 Å². The lowest BCUT2D eigenvalue weighted by Gasteiger charge is -2.34. The predicted molar refractivity (Wildman–Crippen MR) is 152 cm³/mol. The molecule has 1 N–H and O–H groups in total. The molecular formula is C29H30BrClN2O4S. The third-order valence-corrected chi connectivity index (χ3v) is 9.99. The van der Waals surface area contributed by atoms with Gasteiger partial charge in [0.15, 0.2) is 0 Å². The summed E-state index contributed by atoms with van der Waals surface area (Å²) in [7, 11) is -3.91. The molecule has 5 atom stereocenters. The summed E-state index contributed by atoms with van der Waals surface area (Å²) in [4.78, 5) is 13.5. The highest BCUT2D eigenvalue weighted by Gasteiger charge is 2.45. The number of amides is 1. The Labute approximate surface area is 237 Å². The highest BCUT2D eigenvalue weighted by Crippen LogP contribution is 2.54. The maximum atomic E-state index is 13.5. The summed E-state index contributed by atoms with van der Waals surface area (Å²) in [6, 6.07) is 22.4. The third kappa shape index (κ3) is 5.84. The van der Waals surface area contributed by atoms with Gasteiger partial charge in [-0.3, -0.25) is 4.79 Å². The Morgan fingerprint density at radius 2 is 1.74 bits per heavy atom. The summed E-state index contributed by atoms with van der Waals surface area (Å²) in [6.07, 6.45) is 0.480. The number of ether oxygens (including phenoxy) is 1. The molecule has 1 saturated carbocycles. The number of carbonyl (C=O) groups excluding carboxylic acids is 1. The number of sulfonamides is 1. The molecule has 1 heterocycles. The molecule has 0 radical (unpaired) electrons. The van der Waals surface area contributed by atoms with E-state index in [0.29, 0.717) is 5.92 Å². The van der Waals surface area contributed by atoms with E-state index in [0.717, 1.165) is 16.5 Å². The lowest BCUT2D eigenvalue weighted by Crippen LogP contribution is -2.48. The lowest BCUT2D eigenvalue weighted by molar-refractivity contribution is -0.0440. The van der Waals surface area contributed by atoms with Crippen LogP contribution in [0, 0.1) is 5.92 Å². The van der Waals surface area contributed by atoms with Gasteiger partial charge < -0.3 is 10.1 Å². The molecule has 5 unspecified atom stereocenters. The molecule has 1 aliphatic heterocycles. The van der Waals surface area contributed by atoms with E-state index in [-0.39, 0.29) is 58.6 Å².